The number of benzene rings is 9. The second-order valence-electron chi connectivity index (χ2n) is 14.9. The van der Waals surface area contributed by atoms with Crippen LogP contribution >= 0.6 is 0 Å². The molecule has 1 heterocycles. The Kier molecular flexibility index (Phi) is 11.0. The van der Waals surface area contributed by atoms with Crippen LogP contribution in [0.25, 0.3) is 34.2 Å². The lowest BCUT2D eigenvalue weighted by atomic mass is 10.1. The third-order valence-electron chi connectivity index (χ3n) is 10.9. The third-order valence-corrected chi connectivity index (χ3v) is 10.9. The zero-order chi connectivity index (χ0) is 42.2. The minimum absolute atomic E-state index is 0.545. The molecule has 10 rings (SSSR count). The summed E-state index contributed by atoms with van der Waals surface area (Å²) in [5.41, 5.74) is 11.5. The van der Waals surface area contributed by atoms with Crippen LogP contribution in [0.4, 0.5) is 51.2 Å². The van der Waals surface area contributed by atoms with Gasteiger partial charge >= 0.3 is 0 Å². The van der Waals surface area contributed by atoms with Crippen molar-refractivity contribution in [2.24, 2.45) is 0 Å². The van der Waals surface area contributed by atoms with Gasteiger partial charge in [-0.15, -0.1) is 0 Å². The first-order valence-electron chi connectivity index (χ1n) is 21.1. The maximum Gasteiger partial charge on any atom is 0.166 e. The molecule has 0 spiro atoms. The highest BCUT2D eigenvalue weighted by atomic mass is 15.2. The van der Waals surface area contributed by atoms with E-state index in [9.17, 15) is 0 Å². The van der Waals surface area contributed by atoms with Gasteiger partial charge in [0.05, 0.1) is 17.1 Å². The number of nitrogens with zero attached hydrogens (tertiary/aromatic N) is 6. The summed E-state index contributed by atoms with van der Waals surface area (Å²) in [5.74, 6) is 1.64. The largest absolute Gasteiger partial charge is 0.310 e. The Morgan fingerprint density at radius 1 is 0.190 bits per heavy atom. The Bertz CT molecular complexity index is 2590. The summed E-state index contributed by atoms with van der Waals surface area (Å²) in [7, 11) is 0. The molecule has 300 valence electrons. The standard InChI is InChI=1S/C57H42N6/c1-7-25-43(26-8-1)61(44-27-9-2-10-28-44)52-40-22-19-37-49(52)55-58-56(50-38-20-23-41-53(50)62(45-29-11-3-12-30-45)46-31-13-4-14-32-46)60-57(59-55)51-39-21-24-42-54(51)63(47-33-15-5-16-34-47)48-35-17-6-18-36-48/h1-42H. The van der Waals surface area contributed by atoms with Gasteiger partial charge in [-0.1, -0.05) is 146 Å². The molecule has 0 fully saturated rings. The molecule has 0 aliphatic carbocycles. The SMILES string of the molecule is c1ccc(N(c2ccccc2)c2ccccc2-c2nc(-c3ccccc3N(c3ccccc3)c3ccccc3)nc(-c3ccccc3N(c3ccccc3)c3ccccc3)n2)cc1. The minimum Gasteiger partial charge on any atom is -0.310 e. The molecule has 6 heteroatoms. The zero-order valence-corrected chi connectivity index (χ0v) is 34.4. The smallest absolute Gasteiger partial charge is 0.166 e. The van der Waals surface area contributed by atoms with Crippen molar-refractivity contribution < 1.29 is 0 Å². The van der Waals surface area contributed by atoms with Crippen LogP contribution in [-0.4, -0.2) is 15.0 Å². The Balaban J connectivity index is 1.24. The summed E-state index contributed by atoms with van der Waals surface area (Å²) < 4.78 is 0. The normalized spacial score (nSPS) is 10.9. The average Bonchev–Trinajstić information content (AvgIpc) is 3.37. The molecule has 0 unspecified atom stereocenters. The molecule has 9 aromatic carbocycles. The summed E-state index contributed by atoms with van der Waals surface area (Å²) in [5, 5.41) is 0. The van der Waals surface area contributed by atoms with E-state index >= 15 is 0 Å². The lowest BCUT2D eigenvalue weighted by Crippen LogP contribution is -2.14. The van der Waals surface area contributed by atoms with E-state index in [2.05, 4.69) is 233 Å². The van der Waals surface area contributed by atoms with Gasteiger partial charge in [0, 0.05) is 50.8 Å². The van der Waals surface area contributed by atoms with Crippen molar-refractivity contribution >= 4 is 51.2 Å². The number of anilines is 9. The maximum absolute atomic E-state index is 5.46. The highest BCUT2D eigenvalue weighted by molar-refractivity contribution is 5.91. The van der Waals surface area contributed by atoms with Gasteiger partial charge in [0.2, 0.25) is 0 Å². The molecular weight excluding hydrogens is 769 g/mol. The van der Waals surface area contributed by atoms with Crippen molar-refractivity contribution in [3.05, 3.63) is 255 Å². The van der Waals surface area contributed by atoms with Gasteiger partial charge in [-0.05, 0) is 109 Å². The van der Waals surface area contributed by atoms with E-state index in [-0.39, 0.29) is 0 Å². The van der Waals surface area contributed by atoms with Gasteiger partial charge in [0.1, 0.15) is 0 Å². The molecular formula is C57H42N6. The maximum atomic E-state index is 5.46. The summed E-state index contributed by atoms with van der Waals surface area (Å²) in [6.07, 6.45) is 0. The van der Waals surface area contributed by atoms with Crippen molar-refractivity contribution in [1.82, 2.24) is 15.0 Å². The summed E-state index contributed by atoms with van der Waals surface area (Å²) >= 11 is 0. The first-order valence-corrected chi connectivity index (χ1v) is 21.1. The Hall–Kier alpha value is -8.61. The molecule has 10 aromatic rings. The number of aromatic nitrogens is 3. The molecule has 0 radical (unpaired) electrons. The van der Waals surface area contributed by atoms with Crippen LogP contribution in [0, 0.1) is 0 Å². The van der Waals surface area contributed by atoms with E-state index in [4.69, 9.17) is 15.0 Å². The zero-order valence-electron chi connectivity index (χ0n) is 34.4. The Morgan fingerprint density at radius 3 is 0.571 bits per heavy atom. The number of hydrogen-bond acceptors (Lipinski definition) is 6. The van der Waals surface area contributed by atoms with Gasteiger partial charge in [-0.25, -0.2) is 15.0 Å². The Labute approximate surface area is 368 Å². The molecule has 0 bridgehead atoms. The number of rotatable bonds is 12. The second kappa shape index (κ2) is 17.9. The fraction of sp³-hybridized carbons (Fsp3) is 0. The first-order chi connectivity index (χ1) is 31.3. The number of para-hydroxylation sites is 9. The lowest BCUT2D eigenvalue weighted by molar-refractivity contribution is 1.07. The fourth-order valence-electron chi connectivity index (χ4n) is 8.05. The lowest BCUT2D eigenvalue weighted by Gasteiger charge is -2.29. The first kappa shape index (κ1) is 38.6. The van der Waals surface area contributed by atoms with Crippen LogP contribution in [0.15, 0.2) is 255 Å². The predicted octanol–water partition coefficient (Wildman–Crippen LogP) is 15.3. The van der Waals surface area contributed by atoms with Crippen LogP contribution in [-0.2, 0) is 0 Å². The van der Waals surface area contributed by atoms with E-state index in [1.54, 1.807) is 0 Å². The molecule has 0 saturated heterocycles. The van der Waals surface area contributed by atoms with E-state index in [1.165, 1.54) is 0 Å². The molecule has 0 N–H and O–H groups in total. The van der Waals surface area contributed by atoms with E-state index in [0.29, 0.717) is 17.5 Å². The molecule has 1 aromatic heterocycles. The molecule has 0 amide bonds. The van der Waals surface area contributed by atoms with Gasteiger partial charge in [0.15, 0.2) is 17.5 Å². The van der Waals surface area contributed by atoms with Crippen molar-refractivity contribution in [2.45, 2.75) is 0 Å². The minimum atomic E-state index is 0.545. The predicted molar refractivity (Wildman–Crippen MR) is 260 cm³/mol. The van der Waals surface area contributed by atoms with E-state index < -0.39 is 0 Å². The molecule has 63 heavy (non-hydrogen) atoms. The molecule has 0 saturated carbocycles. The van der Waals surface area contributed by atoms with Crippen LogP contribution in [0.3, 0.4) is 0 Å². The van der Waals surface area contributed by atoms with Crippen molar-refractivity contribution in [3.8, 4) is 34.2 Å². The van der Waals surface area contributed by atoms with E-state index in [0.717, 1.165) is 67.9 Å². The van der Waals surface area contributed by atoms with Crippen LogP contribution in [0.1, 0.15) is 0 Å². The number of hydrogen-bond donors (Lipinski definition) is 0. The highest BCUT2D eigenvalue weighted by Gasteiger charge is 2.25. The summed E-state index contributed by atoms with van der Waals surface area (Å²) in [4.78, 5) is 23.2. The van der Waals surface area contributed by atoms with Gasteiger partial charge in [-0.2, -0.15) is 0 Å². The van der Waals surface area contributed by atoms with E-state index in [1.807, 2.05) is 36.4 Å². The highest BCUT2D eigenvalue weighted by Crippen LogP contribution is 2.45. The van der Waals surface area contributed by atoms with Crippen LogP contribution in [0.5, 0.6) is 0 Å². The molecule has 0 atom stereocenters. The molecule has 6 nitrogen and oxygen atoms in total. The second-order valence-corrected chi connectivity index (χ2v) is 14.9. The monoisotopic (exact) mass is 810 g/mol. The Morgan fingerprint density at radius 2 is 0.365 bits per heavy atom. The summed E-state index contributed by atoms with van der Waals surface area (Å²) in [6, 6.07) is 87.7. The van der Waals surface area contributed by atoms with Gasteiger partial charge in [0.25, 0.3) is 0 Å². The third kappa shape index (κ3) is 8.04. The topological polar surface area (TPSA) is 48.4 Å². The quantitative estimate of drug-likeness (QED) is 0.122. The van der Waals surface area contributed by atoms with Crippen molar-refractivity contribution in [3.63, 3.8) is 0 Å². The van der Waals surface area contributed by atoms with Crippen molar-refractivity contribution in [1.29, 1.82) is 0 Å². The van der Waals surface area contributed by atoms with Crippen LogP contribution < -0.4 is 14.7 Å². The van der Waals surface area contributed by atoms with Crippen molar-refractivity contribution in [2.75, 3.05) is 14.7 Å². The van der Waals surface area contributed by atoms with Crippen LogP contribution in [0.2, 0.25) is 0 Å². The molecule has 0 aliphatic heterocycles. The van der Waals surface area contributed by atoms with Gasteiger partial charge in [-0.3, -0.25) is 0 Å². The molecule has 0 aliphatic rings. The summed E-state index contributed by atoms with van der Waals surface area (Å²) in [6.45, 7) is 0. The fourth-order valence-corrected chi connectivity index (χ4v) is 8.05. The average molecular weight is 811 g/mol. The van der Waals surface area contributed by atoms with Gasteiger partial charge < -0.3 is 14.7 Å².